The largest absolute Gasteiger partial charge is 0.412 e. The molecule has 2 atom stereocenters. The molecule has 0 bridgehead atoms. The second kappa shape index (κ2) is 11.9. The normalized spacial score (nSPS) is 23.6. The molecule has 1 heterocycles. The van der Waals surface area contributed by atoms with Crippen molar-refractivity contribution < 1.29 is 20.8 Å². The van der Waals surface area contributed by atoms with E-state index in [0.29, 0.717) is 0 Å². The fourth-order valence-corrected chi connectivity index (χ4v) is 0.868. The van der Waals surface area contributed by atoms with Gasteiger partial charge in [-0.2, -0.15) is 0 Å². The first-order chi connectivity index (χ1) is 6.10. The van der Waals surface area contributed by atoms with Crippen LogP contribution in [0.2, 0.25) is 0 Å². The Bertz CT molecular complexity index is 122. The van der Waals surface area contributed by atoms with E-state index in [4.69, 9.17) is 15.6 Å². The molecular formula is C10H27NO4. The number of ether oxygens (including phenoxy) is 1. The molecule has 7 N–H and O–H groups in total. The maximum atomic E-state index is 8.50. The van der Waals surface area contributed by atoms with Crippen molar-refractivity contribution in [3.63, 3.8) is 0 Å². The maximum absolute atomic E-state index is 8.50. The molecule has 0 aliphatic carbocycles. The summed E-state index contributed by atoms with van der Waals surface area (Å²) in [7, 11) is 0. The van der Waals surface area contributed by atoms with E-state index in [0.717, 1.165) is 18.8 Å². The lowest BCUT2D eigenvalue weighted by Crippen LogP contribution is -2.21. The van der Waals surface area contributed by atoms with Gasteiger partial charge in [0.2, 0.25) is 0 Å². The topological polar surface area (TPSA) is 118 Å². The minimum absolute atomic E-state index is 0. The van der Waals surface area contributed by atoms with E-state index in [9.17, 15) is 0 Å². The molecular weight excluding hydrogens is 198 g/mol. The lowest BCUT2D eigenvalue weighted by atomic mass is 10.2. The van der Waals surface area contributed by atoms with Crippen molar-refractivity contribution in [1.29, 1.82) is 0 Å². The molecule has 1 fully saturated rings. The van der Waals surface area contributed by atoms with Crippen molar-refractivity contribution in [2.45, 2.75) is 52.4 Å². The van der Waals surface area contributed by atoms with E-state index in [1.165, 1.54) is 6.42 Å². The van der Waals surface area contributed by atoms with Crippen molar-refractivity contribution in [1.82, 2.24) is 0 Å². The van der Waals surface area contributed by atoms with Crippen LogP contribution in [0.15, 0.2) is 0 Å². The van der Waals surface area contributed by atoms with E-state index in [1.807, 2.05) is 0 Å². The number of rotatable bonds is 2. The Morgan fingerprint density at radius 1 is 1.33 bits per heavy atom. The number of hydrogen-bond donors (Lipinski definition) is 2. The summed E-state index contributed by atoms with van der Waals surface area (Å²) < 4.78 is 5.04. The Labute approximate surface area is 92.2 Å². The van der Waals surface area contributed by atoms with Gasteiger partial charge in [0, 0.05) is 0 Å². The van der Waals surface area contributed by atoms with Crippen LogP contribution in [-0.4, -0.2) is 35.0 Å². The van der Waals surface area contributed by atoms with Crippen LogP contribution in [0.1, 0.15) is 40.0 Å². The third kappa shape index (κ3) is 11.7. The molecule has 1 aliphatic rings. The fourth-order valence-electron chi connectivity index (χ4n) is 0.868. The fraction of sp³-hybridized carbons (Fsp3) is 1.00. The molecule has 5 heteroatoms. The van der Waals surface area contributed by atoms with Crippen molar-refractivity contribution in [2.24, 2.45) is 11.7 Å². The summed E-state index contributed by atoms with van der Waals surface area (Å²) >= 11 is 0. The first-order valence-electron chi connectivity index (χ1n) is 5.12. The first kappa shape index (κ1) is 20.2. The first-order valence-corrected chi connectivity index (χ1v) is 5.12. The van der Waals surface area contributed by atoms with Gasteiger partial charge in [-0.15, -0.1) is 0 Å². The highest BCUT2D eigenvalue weighted by atomic mass is 16.5. The molecule has 1 aliphatic heterocycles. The van der Waals surface area contributed by atoms with Crippen LogP contribution in [0.25, 0.3) is 0 Å². The molecule has 96 valence electrons. The summed E-state index contributed by atoms with van der Waals surface area (Å²) in [6.07, 6.45) is 2.96. The Hall–Kier alpha value is -0.200. The van der Waals surface area contributed by atoms with Crippen molar-refractivity contribution in [2.75, 3.05) is 6.61 Å². The summed E-state index contributed by atoms with van der Waals surface area (Å²) in [5.41, 5.74) is 5.37. The summed E-state index contributed by atoms with van der Waals surface area (Å²) in [5.74, 6) is 0.884. The van der Waals surface area contributed by atoms with E-state index in [-0.39, 0.29) is 29.9 Å². The molecule has 0 aromatic heterocycles. The van der Waals surface area contributed by atoms with Gasteiger partial charge < -0.3 is 26.5 Å². The quantitative estimate of drug-likeness (QED) is 0.679. The molecule has 5 nitrogen and oxygen atoms in total. The van der Waals surface area contributed by atoms with Gasteiger partial charge in [-0.1, -0.05) is 27.2 Å². The lowest BCUT2D eigenvalue weighted by molar-refractivity contribution is 0.0148. The zero-order valence-electron chi connectivity index (χ0n) is 9.99. The molecule has 1 saturated heterocycles. The summed E-state index contributed by atoms with van der Waals surface area (Å²) in [6.45, 7) is 6.75. The van der Waals surface area contributed by atoms with Gasteiger partial charge >= 0.3 is 0 Å². The van der Waals surface area contributed by atoms with Crippen molar-refractivity contribution in [3.05, 3.63) is 0 Å². The van der Waals surface area contributed by atoms with Crippen molar-refractivity contribution >= 4 is 0 Å². The number of aliphatic hydroxyl groups is 1. The number of aliphatic hydroxyl groups excluding tert-OH is 1. The molecule has 0 spiro atoms. The van der Waals surface area contributed by atoms with Gasteiger partial charge in [0.15, 0.2) is 0 Å². The van der Waals surface area contributed by atoms with Gasteiger partial charge in [-0.05, 0) is 18.8 Å². The zero-order chi connectivity index (χ0) is 10.3. The Kier molecular flexibility index (Phi) is 16.0. The molecule has 0 aromatic carbocycles. The van der Waals surface area contributed by atoms with Gasteiger partial charge in [-0.25, -0.2) is 0 Å². The highest BCUT2D eigenvalue weighted by Gasteiger charge is 2.20. The average molecular weight is 225 g/mol. The van der Waals surface area contributed by atoms with E-state index in [1.54, 1.807) is 0 Å². The van der Waals surface area contributed by atoms with E-state index >= 15 is 0 Å². The Morgan fingerprint density at radius 3 is 1.93 bits per heavy atom. The molecule has 0 unspecified atom stereocenters. The van der Waals surface area contributed by atoms with Gasteiger partial charge in [0.05, 0.1) is 12.7 Å². The SMILES string of the molecule is CCC(C)C.N[C@H]1CC[C@@H](CO)O1.O.O. The van der Waals surface area contributed by atoms with Gasteiger partial charge in [0.1, 0.15) is 6.23 Å². The van der Waals surface area contributed by atoms with Crippen LogP contribution >= 0.6 is 0 Å². The Balaban J connectivity index is -0.000000185. The molecule has 0 saturated carbocycles. The van der Waals surface area contributed by atoms with Crippen molar-refractivity contribution in [3.8, 4) is 0 Å². The van der Waals surface area contributed by atoms with Crippen LogP contribution in [-0.2, 0) is 4.74 Å². The second-order valence-corrected chi connectivity index (χ2v) is 3.86. The molecule has 15 heavy (non-hydrogen) atoms. The number of hydrogen-bond acceptors (Lipinski definition) is 3. The van der Waals surface area contributed by atoms with E-state index in [2.05, 4.69) is 20.8 Å². The van der Waals surface area contributed by atoms with Crippen LogP contribution in [0, 0.1) is 5.92 Å². The smallest absolute Gasteiger partial charge is 0.106 e. The maximum Gasteiger partial charge on any atom is 0.106 e. The van der Waals surface area contributed by atoms with Crippen LogP contribution in [0.5, 0.6) is 0 Å². The second-order valence-electron chi connectivity index (χ2n) is 3.86. The molecule has 0 aromatic rings. The molecule has 1 rings (SSSR count). The van der Waals surface area contributed by atoms with Crippen LogP contribution in [0.3, 0.4) is 0 Å². The predicted octanol–water partition coefficient (Wildman–Crippen LogP) is -0.154. The zero-order valence-corrected chi connectivity index (χ0v) is 9.99. The van der Waals surface area contributed by atoms with Crippen LogP contribution in [0.4, 0.5) is 0 Å². The monoisotopic (exact) mass is 225 g/mol. The molecule has 0 amide bonds. The standard InChI is InChI=1S/C5H11NO2.C5H12.2H2O/c6-5-2-1-4(3-7)8-5;1-4-5(2)3;;/h4-5,7H,1-3,6H2;5H,4H2,1-3H3;2*1H2/t4-,5+;;;/m0.../s1. The minimum Gasteiger partial charge on any atom is -0.412 e. The molecule has 0 radical (unpaired) electrons. The lowest BCUT2D eigenvalue weighted by Gasteiger charge is -2.04. The van der Waals surface area contributed by atoms with Gasteiger partial charge in [-0.3, -0.25) is 0 Å². The highest BCUT2D eigenvalue weighted by Crippen LogP contribution is 2.14. The number of nitrogens with two attached hydrogens (primary N) is 1. The van der Waals surface area contributed by atoms with E-state index < -0.39 is 0 Å². The highest BCUT2D eigenvalue weighted by molar-refractivity contribution is 4.67. The minimum atomic E-state index is -0.132. The third-order valence-electron chi connectivity index (χ3n) is 2.16. The third-order valence-corrected chi connectivity index (χ3v) is 2.16. The Morgan fingerprint density at radius 2 is 1.80 bits per heavy atom. The summed E-state index contributed by atoms with van der Waals surface area (Å²) in [6, 6.07) is 0. The van der Waals surface area contributed by atoms with Crippen LogP contribution < -0.4 is 5.73 Å². The summed E-state index contributed by atoms with van der Waals surface area (Å²) in [4.78, 5) is 0. The predicted molar refractivity (Wildman–Crippen MR) is 61.5 cm³/mol. The average Bonchev–Trinajstić information content (AvgIpc) is 2.52. The summed E-state index contributed by atoms with van der Waals surface area (Å²) in [5, 5.41) is 8.50. The van der Waals surface area contributed by atoms with Gasteiger partial charge in [0.25, 0.3) is 0 Å².